The number of rotatable bonds is 6. The lowest BCUT2D eigenvalue weighted by Gasteiger charge is -2.29. The summed E-state index contributed by atoms with van der Waals surface area (Å²) < 4.78 is 2.79. The molecule has 1 unspecified atom stereocenters. The van der Waals surface area contributed by atoms with Crippen molar-refractivity contribution in [3.05, 3.63) is 111 Å². The SMILES string of the molecule is CC1=C(C(=O)Nc2ccc(C)cc2C)C(c2ccc(Br)cc2)n2nc(SCc3ccccc3)nc2N1. The summed E-state index contributed by atoms with van der Waals surface area (Å²) in [5, 5.41) is 11.9. The van der Waals surface area contributed by atoms with Gasteiger partial charge in [0, 0.05) is 21.6 Å². The number of thioether (sulfide) groups is 1. The number of anilines is 2. The molecule has 2 heterocycles. The van der Waals surface area contributed by atoms with Gasteiger partial charge < -0.3 is 10.6 Å². The standard InChI is InChI=1S/C28H26BrN5OS/c1-17-9-14-23(18(2)15-17)31-26(35)24-19(3)30-27-32-28(36-16-20-7-5-4-6-8-20)33-34(27)25(24)21-10-12-22(29)13-11-21/h4-15,25H,16H2,1-3H3,(H,31,35)(H,30,32,33). The number of nitrogens with zero attached hydrogens (tertiary/aromatic N) is 3. The van der Waals surface area contributed by atoms with Crippen molar-refractivity contribution in [3.8, 4) is 0 Å². The van der Waals surface area contributed by atoms with Crippen LogP contribution in [0.1, 0.15) is 35.2 Å². The van der Waals surface area contributed by atoms with Gasteiger partial charge in [0.05, 0.1) is 5.57 Å². The second-order valence-electron chi connectivity index (χ2n) is 8.83. The van der Waals surface area contributed by atoms with Gasteiger partial charge in [-0.25, -0.2) is 4.68 Å². The topological polar surface area (TPSA) is 71.8 Å². The Morgan fingerprint density at radius 2 is 1.81 bits per heavy atom. The minimum Gasteiger partial charge on any atom is -0.328 e. The van der Waals surface area contributed by atoms with E-state index < -0.39 is 6.04 Å². The molecular weight excluding hydrogens is 534 g/mol. The summed E-state index contributed by atoms with van der Waals surface area (Å²) in [6.07, 6.45) is 0. The van der Waals surface area contributed by atoms with Crippen LogP contribution in [0.25, 0.3) is 0 Å². The molecule has 0 spiro atoms. The molecule has 6 nitrogen and oxygen atoms in total. The van der Waals surface area contributed by atoms with Gasteiger partial charge in [0.1, 0.15) is 6.04 Å². The maximum Gasteiger partial charge on any atom is 0.255 e. The average molecular weight is 561 g/mol. The van der Waals surface area contributed by atoms with Crippen LogP contribution in [-0.4, -0.2) is 20.7 Å². The molecule has 2 N–H and O–H groups in total. The van der Waals surface area contributed by atoms with Gasteiger partial charge in [-0.1, -0.05) is 87.9 Å². The van der Waals surface area contributed by atoms with Crippen LogP contribution in [0.4, 0.5) is 11.6 Å². The van der Waals surface area contributed by atoms with E-state index in [4.69, 9.17) is 10.1 Å². The summed E-state index contributed by atoms with van der Waals surface area (Å²) in [6, 6.07) is 23.8. The van der Waals surface area contributed by atoms with Crippen LogP contribution in [0.2, 0.25) is 0 Å². The van der Waals surface area contributed by atoms with Gasteiger partial charge in [-0.2, -0.15) is 4.98 Å². The van der Waals surface area contributed by atoms with Crippen molar-refractivity contribution < 1.29 is 4.79 Å². The fraction of sp³-hybridized carbons (Fsp3) is 0.179. The highest BCUT2D eigenvalue weighted by Crippen LogP contribution is 2.37. The molecular formula is C28H26BrN5OS. The first-order valence-electron chi connectivity index (χ1n) is 11.6. The molecule has 1 amide bonds. The van der Waals surface area contributed by atoms with Crippen LogP contribution >= 0.6 is 27.7 Å². The maximum absolute atomic E-state index is 13.7. The Bertz CT molecular complexity index is 1450. The largest absolute Gasteiger partial charge is 0.328 e. The summed E-state index contributed by atoms with van der Waals surface area (Å²) >= 11 is 5.09. The van der Waals surface area contributed by atoms with Crippen molar-refractivity contribution in [2.45, 2.75) is 37.7 Å². The van der Waals surface area contributed by atoms with Crippen molar-refractivity contribution >= 4 is 45.2 Å². The summed E-state index contributed by atoms with van der Waals surface area (Å²) in [7, 11) is 0. The summed E-state index contributed by atoms with van der Waals surface area (Å²) in [5.74, 6) is 1.22. The van der Waals surface area contributed by atoms with Crippen LogP contribution in [-0.2, 0) is 10.5 Å². The first-order valence-corrected chi connectivity index (χ1v) is 13.4. The van der Waals surface area contributed by atoms with Gasteiger partial charge >= 0.3 is 0 Å². The predicted molar refractivity (Wildman–Crippen MR) is 149 cm³/mol. The molecule has 0 fully saturated rings. The lowest BCUT2D eigenvalue weighted by molar-refractivity contribution is -0.113. The predicted octanol–water partition coefficient (Wildman–Crippen LogP) is 6.88. The summed E-state index contributed by atoms with van der Waals surface area (Å²) in [5.41, 5.74) is 6.49. The molecule has 182 valence electrons. The number of amides is 1. The fourth-order valence-electron chi connectivity index (χ4n) is 4.31. The van der Waals surface area contributed by atoms with E-state index in [1.54, 1.807) is 11.8 Å². The van der Waals surface area contributed by atoms with Crippen LogP contribution in [0.3, 0.4) is 0 Å². The van der Waals surface area contributed by atoms with Crippen LogP contribution in [0.15, 0.2) is 93.7 Å². The summed E-state index contributed by atoms with van der Waals surface area (Å²) in [4.78, 5) is 18.4. The number of benzene rings is 3. The van der Waals surface area contributed by atoms with E-state index in [2.05, 4.69) is 44.8 Å². The number of fused-ring (bicyclic) bond motifs is 1. The van der Waals surface area contributed by atoms with Crippen LogP contribution in [0, 0.1) is 13.8 Å². The third-order valence-corrected chi connectivity index (χ3v) is 7.54. The number of aromatic nitrogens is 3. The Morgan fingerprint density at radius 3 is 2.53 bits per heavy atom. The zero-order chi connectivity index (χ0) is 25.2. The lowest BCUT2D eigenvalue weighted by atomic mass is 9.95. The lowest BCUT2D eigenvalue weighted by Crippen LogP contribution is -2.31. The normalized spacial score (nSPS) is 14.8. The highest BCUT2D eigenvalue weighted by Gasteiger charge is 2.34. The third-order valence-electron chi connectivity index (χ3n) is 6.10. The van der Waals surface area contributed by atoms with Crippen LogP contribution in [0.5, 0.6) is 0 Å². The fourth-order valence-corrected chi connectivity index (χ4v) is 5.35. The van der Waals surface area contributed by atoms with Gasteiger partial charge in [0.25, 0.3) is 5.91 Å². The molecule has 1 aliphatic rings. The highest BCUT2D eigenvalue weighted by atomic mass is 79.9. The zero-order valence-corrected chi connectivity index (χ0v) is 22.7. The molecule has 0 radical (unpaired) electrons. The average Bonchev–Trinajstić information content (AvgIpc) is 3.27. The van der Waals surface area contributed by atoms with Crippen LogP contribution < -0.4 is 10.6 Å². The Labute approximate surface area is 223 Å². The zero-order valence-electron chi connectivity index (χ0n) is 20.2. The molecule has 0 bridgehead atoms. The van der Waals surface area contributed by atoms with E-state index in [0.717, 1.165) is 38.3 Å². The molecule has 0 aliphatic carbocycles. The molecule has 5 rings (SSSR count). The van der Waals surface area contributed by atoms with E-state index in [1.807, 2.05) is 80.1 Å². The molecule has 1 aromatic heterocycles. The first kappa shape index (κ1) is 24.3. The molecule has 1 atom stereocenters. The maximum atomic E-state index is 13.7. The molecule has 4 aromatic rings. The first-order chi connectivity index (χ1) is 17.4. The van der Waals surface area contributed by atoms with Crippen molar-refractivity contribution in [2.75, 3.05) is 10.6 Å². The quantitative estimate of drug-likeness (QED) is 0.252. The second-order valence-corrected chi connectivity index (χ2v) is 10.7. The number of hydrogen-bond donors (Lipinski definition) is 2. The highest BCUT2D eigenvalue weighted by molar-refractivity contribution is 9.10. The van der Waals surface area contributed by atoms with Crippen molar-refractivity contribution in [1.82, 2.24) is 14.8 Å². The minimum atomic E-state index is -0.418. The molecule has 36 heavy (non-hydrogen) atoms. The van der Waals surface area contributed by atoms with Gasteiger partial charge in [-0.3, -0.25) is 4.79 Å². The van der Waals surface area contributed by atoms with E-state index in [-0.39, 0.29) is 5.91 Å². The molecule has 1 aliphatic heterocycles. The third kappa shape index (κ3) is 5.10. The van der Waals surface area contributed by atoms with Crippen molar-refractivity contribution in [2.24, 2.45) is 0 Å². The number of hydrogen-bond acceptors (Lipinski definition) is 5. The van der Waals surface area contributed by atoms with Crippen molar-refractivity contribution in [1.29, 1.82) is 0 Å². The molecule has 0 saturated heterocycles. The van der Waals surface area contributed by atoms with E-state index in [9.17, 15) is 4.79 Å². The van der Waals surface area contributed by atoms with E-state index in [0.29, 0.717) is 16.7 Å². The second kappa shape index (κ2) is 10.3. The number of carbonyl (C=O) groups is 1. The Morgan fingerprint density at radius 1 is 1.06 bits per heavy atom. The minimum absolute atomic E-state index is 0.167. The molecule has 8 heteroatoms. The monoisotopic (exact) mass is 559 g/mol. The molecule has 3 aromatic carbocycles. The molecule has 0 saturated carbocycles. The van der Waals surface area contributed by atoms with Gasteiger partial charge in [0.15, 0.2) is 0 Å². The number of nitrogens with one attached hydrogen (secondary N) is 2. The van der Waals surface area contributed by atoms with Gasteiger partial charge in [-0.15, -0.1) is 5.10 Å². The van der Waals surface area contributed by atoms with E-state index >= 15 is 0 Å². The smallest absolute Gasteiger partial charge is 0.255 e. The Hall–Kier alpha value is -3.36. The number of allylic oxidation sites excluding steroid dienone is 1. The Balaban J connectivity index is 1.50. The number of aryl methyl sites for hydroxylation is 2. The number of carbonyl (C=O) groups excluding carboxylic acids is 1. The number of halogens is 1. The van der Waals surface area contributed by atoms with E-state index in [1.165, 1.54) is 5.56 Å². The van der Waals surface area contributed by atoms with Gasteiger partial charge in [-0.05, 0) is 55.7 Å². The summed E-state index contributed by atoms with van der Waals surface area (Å²) in [6.45, 7) is 5.96. The van der Waals surface area contributed by atoms with Gasteiger partial charge in [0.2, 0.25) is 11.1 Å². The van der Waals surface area contributed by atoms with Crippen molar-refractivity contribution in [3.63, 3.8) is 0 Å². The Kier molecular flexibility index (Phi) is 6.98.